The molecule has 1 atom stereocenters. The van der Waals surface area contributed by atoms with Crippen LogP contribution in [-0.2, 0) is 22.4 Å². The maximum Gasteiger partial charge on any atom is 0.327 e. The lowest BCUT2D eigenvalue weighted by Gasteiger charge is -2.35. The molecular weight excluding hydrogens is 452 g/mol. The molecule has 3 heterocycles. The molecule has 0 saturated carbocycles. The van der Waals surface area contributed by atoms with Crippen LogP contribution in [0.4, 0.5) is 17.2 Å². The van der Waals surface area contributed by atoms with Gasteiger partial charge in [-0.05, 0) is 66.6 Å². The maximum absolute atomic E-state index is 12.8. The molecule has 7 heteroatoms. The van der Waals surface area contributed by atoms with Crippen molar-refractivity contribution in [3.05, 3.63) is 84.1 Å². The van der Waals surface area contributed by atoms with Gasteiger partial charge in [-0.25, -0.2) is 9.78 Å². The second-order valence-corrected chi connectivity index (χ2v) is 9.64. The minimum absolute atomic E-state index is 0.127. The average Bonchev–Trinajstić information content (AvgIpc) is 2.92. The van der Waals surface area contributed by atoms with E-state index >= 15 is 0 Å². The number of amides is 1. The molecule has 36 heavy (non-hydrogen) atoms. The number of carboxylic acid groups (broad SMARTS) is 1. The van der Waals surface area contributed by atoms with E-state index in [9.17, 15) is 14.7 Å². The highest BCUT2D eigenvalue weighted by Gasteiger charge is 2.34. The van der Waals surface area contributed by atoms with Gasteiger partial charge < -0.3 is 15.3 Å². The summed E-state index contributed by atoms with van der Waals surface area (Å²) in [4.78, 5) is 33.2. The van der Waals surface area contributed by atoms with Crippen molar-refractivity contribution in [2.24, 2.45) is 5.92 Å². The molecule has 0 bridgehead atoms. The number of para-hydroxylation sites is 1. The standard InChI is InChI=1S/C29H32N4O3/c34-28-13-10-23-5-1-2-6-25(23)33(28)26(29(35)36)19-21-8-11-24(12-9-21)32-17-14-22(15-18-32)20-31-27-7-3-4-16-30-27/h1-9,11-12,16,22,26H,10,13-15,17-20H2,(H,30,31)(H,35,36). The Labute approximate surface area is 211 Å². The highest BCUT2D eigenvalue weighted by atomic mass is 16.4. The van der Waals surface area contributed by atoms with E-state index < -0.39 is 12.0 Å². The predicted octanol–water partition coefficient (Wildman–Crippen LogP) is 4.39. The number of aliphatic carboxylic acids is 1. The number of fused-ring (bicyclic) bond motifs is 1. The molecule has 1 saturated heterocycles. The molecule has 2 aliphatic heterocycles. The first-order chi connectivity index (χ1) is 17.6. The number of carboxylic acids is 1. The van der Waals surface area contributed by atoms with Gasteiger partial charge in [0.25, 0.3) is 0 Å². The van der Waals surface area contributed by atoms with Gasteiger partial charge >= 0.3 is 5.97 Å². The van der Waals surface area contributed by atoms with Crippen LogP contribution in [0.2, 0.25) is 0 Å². The summed E-state index contributed by atoms with van der Waals surface area (Å²) in [5.74, 6) is 0.428. The van der Waals surface area contributed by atoms with Gasteiger partial charge in [-0.2, -0.15) is 0 Å². The van der Waals surface area contributed by atoms with Crippen molar-refractivity contribution in [1.82, 2.24) is 4.98 Å². The number of nitrogens with one attached hydrogen (secondary N) is 1. The van der Waals surface area contributed by atoms with E-state index in [2.05, 4.69) is 27.3 Å². The van der Waals surface area contributed by atoms with E-state index in [1.54, 1.807) is 6.20 Å². The first-order valence-corrected chi connectivity index (χ1v) is 12.7. The molecule has 1 fully saturated rings. The third-order valence-corrected chi connectivity index (χ3v) is 7.31. The lowest BCUT2D eigenvalue weighted by atomic mass is 9.95. The van der Waals surface area contributed by atoms with Crippen molar-refractivity contribution in [2.45, 2.75) is 38.1 Å². The normalized spacial score (nSPS) is 16.9. The summed E-state index contributed by atoms with van der Waals surface area (Å²) in [6.45, 7) is 2.91. The Balaban J connectivity index is 1.20. The summed E-state index contributed by atoms with van der Waals surface area (Å²) in [6.07, 6.45) is 5.29. The fourth-order valence-electron chi connectivity index (χ4n) is 5.26. The van der Waals surface area contributed by atoms with Crippen LogP contribution in [0.15, 0.2) is 72.9 Å². The Morgan fingerprint density at radius 1 is 1.00 bits per heavy atom. The number of carbonyl (C=O) groups excluding carboxylic acids is 1. The van der Waals surface area contributed by atoms with E-state index in [4.69, 9.17) is 0 Å². The lowest BCUT2D eigenvalue weighted by Crippen LogP contribution is -2.48. The molecule has 0 radical (unpaired) electrons. The second kappa shape index (κ2) is 10.8. The zero-order chi connectivity index (χ0) is 24.9. The summed E-state index contributed by atoms with van der Waals surface area (Å²) in [5, 5.41) is 13.5. The number of nitrogens with zero attached hydrogens (tertiary/aromatic N) is 3. The topological polar surface area (TPSA) is 85.8 Å². The maximum atomic E-state index is 12.8. The van der Waals surface area contributed by atoms with Crippen molar-refractivity contribution < 1.29 is 14.7 Å². The van der Waals surface area contributed by atoms with Gasteiger partial charge in [0.1, 0.15) is 11.9 Å². The monoisotopic (exact) mass is 484 g/mol. The van der Waals surface area contributed by atoms with Crippen LogP contribution in [0.1, 0.15) is 30.4 Å². The lowest BCUT2D eigenvalue weighted by molar-refractivity contribution is -0.140. The van der Waals surface area contributed by atoms with E-state index in [1.165, 1.54) is 4.90 Å². The van der Waals surface area contributed by atoms with Crippen LogP contribution >= 0.6 is 0 Å². The Bertz CT molecular complexity index is 1190. The molecule has 186 valence electrons. The molecule has 0 spiro atoms. The summed E-state index contributed by atoms with van der Waals surface area (Å²) >= 11 is 0. The molecule has 5 rings (SSSR count). The highest BCUT2D eigenvalue weighted by molar-refractivity contribution is 6.01. The van der Waals surface area contributed by atoms with Crippen molar-refractivity contribution in [3.63, 3.8) is 0 Å². The molecule has 1 aromatic heterocycles. The van der Waals surface area contributed by atoms with Crippen molar-refractivity contribution in [1.29, 1.82) is 0 Å². The second-order valence-electron chi connectivity index (χ2n) is 9.64. The first kappa shape index (κ1) is 23.9. The number of aromatic nitrogens is 1. The number of hydrogen-bond acceptors (Lipinski definition) is 5. The Kier molecular flexibility index (Phi) is 7.16. The number of pyridine rings is 1. The third kappa shape index (κ3) is 5.35. The van der Waals surface area contributed by atoms with Crippen LogP contribution in [0.5, 0.6) is 0 Å². The molecule has 2 aromatic carbocycles. The predicted molar refractivity (Wildman–Crippen MR) is 141 cm³/mol. The SMILES string of the molecule is O=C(O)C(Cc1ccc(N2CCC(CNc3ccccn3)CC2)cc1)N1C(=O)CCc2ccccc21. The molecule has 0 aliphatic carbocycles. The summed E-state index contributed by atoms with van der Waals surface area (Å²) in [7, 11) is 0. The van der Waals surface area contributed by atoms with Gasteiger partial charge in [-0.15, -0.1) is 0 Å². The molecule has 2 N–H and O–H groups in total. The van der Waals surface area contributed by atoms with Crippen LogP contribution < -0.4 is 15.1 Å². The van der Waals surface area contributed by atoms with E-state index in [-0.39, 0.29) is 12.3 Å². The van der Waals surface area contributed by atoms with Crippen LogP contribution in [0.25, 0.3) is 0 Å². The summed E-state index contributed by atoms with van der Waals surface area (Å²) in [6, 6.07) is 20.7. The number of hydrogen-bond donors (Lipinski definition) is 2. The zero-order valence-electron chi connectivity index (χ0n) is 20.3. The summed E-state index contributed by atoms with van der Waals surface area (Å²) in [5.41, 5.74) is 3.81. The molecule has 2 aliphatic rings. The molecule has 3 aromatic rings. The fourth-order valence-corrected chi connectivity index (χ4v) is 5.26. The van der Waals surface area contributed by atoms with E-state index in [0.29, 0.717) is 18.8 Å². The van der Waals surface area contributed by atoms with Crippen molar-refractivity contribution in [2.75, 3.05) is 34.8 Å². The van der Waals surface area contributed by atoms with Crippen molar-refractivity contribution in [3.8, 4) is 0 Å². The van der Waals surface area contributed by atoms with Crippen LogP contribution in [0, 0.1) is 5.92 Å². The zero-order valence-corrected chi connectivity index (χ0v) is 20.3. The number of rotatable bonds is 8. The van der Waals surface area contributed by atoms with Crippen LogP contribution in [-0.4, -0.2) is 47.6 Å². The number of anilines is 3. The first-order valence-electron chi connectivity index (χ1n) is 12.7. The van der Waals surface area contributed by atoms with E-state index in [0.717, 1.165) is 60.8 Å². The van der Waals surface area contributed by atoms with Gasteiger partial charge in [0.2, 0.25) is 5.91 Å². The number of aryl methyl sites for hydroxylation is 1. The summed E-state index contributed by atoms with van der Waals surface area (Å²) < 4.78 is 0. The largest absolute Gasteiger partial charge is 0.480 e. The molecular formula is C29H32N4O3. The van der Waals surface area contributed by atoms with Gasteiger partial charge in [-0.1, -0.05) is 36.4 Å². The van der Waals surface area contributed by atoms with Crippen molar-refractivity contribution >= 4 is 29.1 Å². The number of piperidine rings is 1. The minimum atomic E-state index is -0.981. The smallest absolute Gasteiger partial charge is 0.327 e. The average molecular weight is 485 g/mol. The fraction of sp³-hybridized carbons (Fsp3) is 0.345. The van der Waals surface area contributed by atoms with Gasteiger partial charge in [0, 0.05) is 50.0 Å². The molecule has 7 nitrogen and oxygen atoms in total. The van der Waals surface area contributed by atoms with Gasteiger partial charge in [0.15, 0.2) is 0 Å². The Hall–Kier alpha value is -3.87. The number of benzene rings is 2. The highest BCUT2D eigenvalue weighted by Crippen LogP contribution is 2.31. The van der Waals surface area contributed by atoms with Gasteiger partial charge in [-0.3, -0.25) is 9.69 Å². The Morgan fingerprint density at radius 2 is 1.75 bits per heavy atom. The third-order valence-electron chi connectivity index (χ3n) is 7.31. The molecule has 1 unspecified atom stereocenters. The quantitative estimate of drug-likeness (QED) is 0.493. The van der Waals surface area contributed by atoms with E-state index in [1.807, 2.05) is 54.6 Å². The number of carbonyl (C=O) groups is 2. The minimum Gasteiger partial charge on any atom is -0.480 e. The Morgan fingerprint density at radius 3 is 2.47 bits per heavy atom. The molecule has 1 amide bonds. The van der Waals surface area contributed by atoms with Crippen LogP contribution in [0.3, 0.4) is 0 Å². The van der Waals surface area contributed by atoms with Gasteiger partial charge in [0.05, 0.1) is 0 Å².